The molecule has 0 radical (unpaired) electrons. The van der Waals surface area contributed by atoms with Crippen molar-refractivity contribution >= 4 is 17.8 Å². The van der Waals surface area contributed by atoms with E-state index in [1.54, 1.807) is 6.07 Å². The highest BCUT2D eigenvalue weighted by atomic mass is 16.4. The second-order valence-corrected chi connectivity index (χ2v) is 4.85. The van der Waals surface area contributed by atoms with Crippen molar-refractivity contribution in [3.63, 3.8) is 0 Å². The zero-order chi connectivity index (χ0) is 14.6. The van der Waals surface area contributed by atoms with Gasteiger partial charge in [-0.05, 0) is 25.0 Å². The molecule has 0 unspecified atom stereocenters. The van der Waals surface area contributed by atoms with Gasteiger partial charge in [0.1, 0.15) is 0 Å². The van der Waals surface area contributed by atoms with Crippen LogP contribution in [0.4, 0.5) is 0 Å². The molecule has 2 amide bonds. The molecule has 1 aromatic rings. The van der Waals surface area contributed by atoms with E-state index in [0.29, 0.717) is 12.8 Å². The third-order valence-corrected chi connectivity index (χ3v) is 3.31. The summed E-state index contributed by atoms with van der Waals surface area (Å²) < 4.78 is 4.90. The van der Waals surface area contributed by atoms with E-state index in [2.05, 4.69) is 10.6 Å². The summed E-state index contributed by atoms with van der Waals surface area (Å²) in [5.74, 6) is -1.35. The molecule has 1 aliphatic carbocycles. The normalized spacial score (nSPS) is 15.4. The Balaban J connectivity index is 1.63. The van der Waals surface area contributed by atoms with Crippen LogP contribution in [0, 0.1) is 5.41 Å². The zero-order valence-corrected chi connectivity index (χ0v) is 10.8. The molecule has 0 aliphatic heterocycles. The smallest absolute Gasteiger partial charge is 0.311 e. The molecule has 1 aliphatic rings. The predicted molar refractivity (Wildman–Crippen MR) is 68.0 cm³/mol. The Bertz CT molecular complexity index is 505. The van der Waals surface area contributed by atoms with Gasteiger partial charge in [-0.1, -0.05) is 0 Å². The number of furan rings is 1. The standard InChI is InChI=1S/C13H16N2O5/c16-10(15-8-13(4-5-13)12(18)19)3-6-14-11(17)9-2-1-7-20-9/h1-2,7H,3-6,8H2,(H,14,17)(H,15,16)(H,18,19). The molecule has 0 spiro atoms. The molecule has 1 fully saturated rings. The number of amides is 2. The molecule has 0 atom stereocenters. The molecule has 1 heterocycles. The number of aliphatic carboxylic acids is 1. The van der Waals surface area contributed by atoms with Gasteiger partial charge < -0.3 is 20.2 Å². The van der Waals surface area contributed by atoms with Gasteiger partial charge in [0.2, 0.25) is 5.91 Å². The maximum atomic E-state index is 11.5. The van der Waals surface area contributed by atoms with Gasteiger partial charge >= 0.3 is 5.97 Å². The fourth-order valence-corrected chi connectivity index (χ4v) is 1.76. The number of nitrogens with one attached hydrogen (secondary N) is 2. The minimum absolute atomic E-state index is 0.0994. The summed E-state index contributed by atoms with van der Waals surface area (Å²) in [6.45, 7) is 0.318. The van der Waals surface area contributed by atoms with Gasteiger partial charge in [-0.15, -0.1) is 0 Å². The van der Waals surface area contributed by atoms with Crippen LogP contribution in [0.1, 0.15) is 29.8 Å². The van der Waals surface area contributed by atoms with Crippen LogP contribution in [0.3, 0.4) is 0 Å². The minimum atomic E-state index is -0.871. The van der Waals surface area contributed by atoms with Gasteiger partial charge in [0, 0.05) is 19.5 Å². The summed E-state index contributed by atoms with van der Waals surface area (Å²) in [5, 5.41) is 14.1. The Morgan fingerprint density at radius 3 is 2.60 bits per heavy atom. The third-order valence-electron chi connectivity index (χ3n) is 3.31. The van der Waals surface area contributed by atoms with Crippen LogP contribution in [-0.4, -0.2) is 36.0 Å². The molecule has 108 valence electrons. The molecule has 20 heavy (non-hydrogen) atoms. The molecule has 1 saturated carbocycles. The molecular formula is C13H16N2O5. The largest absolute Gasteiger partial charge is 0.481 e. The third kappa shape index (κ3) is 3.37. The minimum Gasteiger partial charge on any atom is -0.481 e. The number of carboxylic acid groups (broad SMARTS) is 1. The number of carbonyl (C=O) groups excluding carboxylic acids is 2. The molecule has 0 bridgehead atoms. The van der Waals surface area contributed by atoms with E-state index in [1.807, 2.05) is 0 Å². The first-order chi connectivity index (χ1) is 9.53. The number of rotatable bonds is 7. The second-order valence-electron chi connectivity index (χ2n) is 4.85. The van der Waals surface area contributed by atoms with E-state index >= 15 is 0 Å². The van der Waals surface area contributed by atoms with Crippen LogP contribution in [0.25, 0.3) is 0 Å². The Hall–Kier alpha value is -2.31. The number of carbonyl (C=O) groups is 3. The van der Waals surface area contributed by atoms with Crippen LogP contribution in [0.5, 0.6) is 0 Å². The highest BCUT2D eigenvalue weighted by Crippen LogP contribution is 2.45. The predicted octanol–water partition coefficient (Wildman–Crippen LogP) is 0.380. The summed E-state index contributed by atoms with van der Waals surface area (Å²) in [6.07, 6.45) is 2.68. The first kappa shape index (κ1) is 14.1. The van der Waals surface area contributed by atoms with Gasteiger partial charge in [-0.2, -0.15) is 0 Å². The van der Waals surface area contributed by atoms with Crippen LogP contribution < -0.4 is 10.6 Å². The van der Waals surface area contributed by atoms with Gasteiger partial charge in [0.15, 0.2) is 5.76 Å². The van der Waals surface area contributed by atoms with Gasteiger partial charge in [-0.25, -0.2) is 0 Å². The lowest BCUT2D eigenvalue weighted by Gasteiger charge is -2.11. The zero-order valence-electron chi connectivity index (χ0n) is 10.8. The van der Waals surface area contributed by atoms with E-state index in [0.717, 1.165) is 0 Å². The van der Waals surface area contributed by atoms with E-state index in [-0.39, 0.29) is 37.1 Å². The quantitative estimate of drug-likeness (QED) is 0.669. The van der Waals surface area contributed by atoms with Crippen molar-refractivity contribution in [2.24, 2.45) is 5.41 Å². The Morgan fingerprint density at radius 1 is 1.30 bits per heavy atom. The topological polar surface area (TPSA) is 109 Å². The van der Waals surface area contributed by atoms with Crippen molar-refractivity contribution in [3.8, 4) is 0 Å². The molecule has 0 saturated heterocycles. The summed E-state index contributed by atoms with van der Waals surface area (Å²) in [6, 6.07) is 3.13. The summed E-state index contributed by atoms with van der Waals surface area (Å²) >= 11 is 0. The summed E-state index contributed by atoms with van der Waals surface area (Å²) in [5.41, 5.74) is -0.771. The summed E-state index contributed by atoms with van der Waals surface area (Å²) in [4.78, 5) is 33.9. The lowest BCUT2D eigenvalue weighted by atomic mass is 10.1. The first-order valence-corrected chi connectivity index (χ1v) is 6.35. The maximum Gasteiger partial charge on any atom is 0.311 e. The van der Waals surface area contributed by atoms with Crippen molar-refractivity contribution in [1.29, 1.82) is 0 Å². The Kier molecular flexibility index (Phi) is 4.07. The van der Waals surface area contributed by atoms with Crippen molar-refractivity contribution in [2.75, 3.05) is 13.1 Å². The first-order valence-electron chi connectivity index (χ1n) is 6.35. The molecule has 0 aromatic carbocycles. The molecule has 1 aromatic heterocycles. The molecular weight excluding hydrogens is 264 g/mol. The van der Waals surface area contributed by atoms with Gasteiger partial charge in [0.05, 0.1) is 11.7 Å². The highest BCUT2D eigenvalue weighted by Gasteiger charge is 2.50. The molecule has 3 N–H and O–H groups in total. The lowest BCUT2D eigenvalue weighted by Crippen LogP contribution is -2.36. The van der Waals surface area contributed by atoms with Crippen molar-refractivity contribution in [2.45, 2.75) is 19.3 Å². The average molecular weight is 280 g/mol. The Labute approximate surface area is 115 Å². The van der Waals surface area contributed by atoms with Crippen LogP contribution in [-0.2, 0) is 9.59 Å². The van der Waals surface area contributed by atoms with Crippen LogP contribution in [0.2, 0.25) is 0 Å². The Morgan fingerprint density at radius 2 is 2.05 bits per heavy atom. The average Bonchev–Trinajstić information content (AvgIpc) is 3.01. The molecule has 7 heteroatoms. The van der Waals surface area contributed by atoms with Crippen LogP contribution in [0.15, 0.2) is 22.8 Å². The fraction of sp³-hybridized carbons (Fsp3) is 0.462. The van der Waals surface area contributed by atoms with E-state index < -0.39 is 11.4 Å². The number of hydrogen-bond donors (Lipinski definition) is 3. The number of hydrogen-bond acceptors (Lipinski definition) is 4. The van der Waals surface area contributed by atoms with E-state index in [9.17, 15) is 14.4 Å². The lowest BCUT2D eigenvalue weighted by molar-refractivity contribution is -0.143. The van der Waals surface area contributed by atoms with Crippen molar-refractivity contribution in [1.82, 2.24) is 10.6 Å². The maximum absolute atomic E-state index is 11.5. The summed E-state index contributed by atoms with van der Waals surface area (Å²) in [7, 11) is 0. The van der Waals surface area contributed by atoms with E-state index in [1.165, 1.54) is 12.3 Å². The van der Waals surface area contributed by atoms with Crippen molar-refractivity contribution in [3.05, 3.63) is 24.2 Å². The van der Waals surface area contributed by atoms with Crippen LogP contribution >= 0.6 is 0 Å². The highest BCUT2D eigenvalue weighted by molar-refractivity contribution is 5.91. The van der Waals surface area contributed by atoms with Gasteiger partial charge in [-0.3, -0.25) is 14.4 Å². The number of carboxylic acids is 1. The second kappa shape index (κ2) is 5.77. The fourth-order valence-electron chi connectivity index (χ4n) is 1.76. The SMILES string of the molecule is O=C(CCNC(=O)c1ccco1)NCC1(C(=O)O)CC1. The van der Waals surface area contributed by atoms with E-state index in [4.69, 9.17) is 9.52 Å². The molecule has 7 nitrogen and oxygen atoms in total. The van der Waals surface area contributed by atoms with Crippen molar-refractivity contribution < 1.29 is 23.9 Å². The molecule has 2 rings (SSSR count). The monoisotopic (exact) mass is 280 g/mol. The van der Waals surface area contributed by atoms with Gasteiger partial charge in [0.25, 0.3) is 5.91 Å².